The summed E-state index contributed by atoms with van der Waals surface area (Å²) in [6, 6.07) is 17.3. The van der Waals surface area contributed by atoms with Crippen LogP contribution in [0.3, 0.4) is 0 Å². The van der Waals surface area contributed by atoms with Gasteiger partial charge in [0.25, 0.3) is 0 Å². The number of hydrogen-bond acceptors (Lipinski definition) is 2. The monoisotopic (exact) mass is 286 g/mol. The molecule has 0 aliphatic carbocycles. The van der Waals surface area contributed by atoms with Gasteiger partial charge in [-0.1, -0.05) is 54.1 Å². The second-order valence-corrected chi connectivity index (χ2v) is 4.49. The molecular weight excluding hydrogens is 272 g/mol. The summed E-state index contributed by atoms with van der Waals surface area (Å²) in [5.41, 5.74) is 11.0. The van der Waals surface area contributed by atoms with Crippen molar-refractivity contribution in [3.63, 3.8) is 0 Å². The Balaban J connectivity index is 2.41. The number of nitrogens with zero attached hydrogens (tertiary/aromatic N) is 2. The first-order valence-corrected chi connectivity index (χ1v) is 6.46. The lowest BCUT2D eigenvalue weighted by molar-refractivity contribution is 0.999. The highest BCUT2D eigenvalue weighted by atomic mass is 35.5. The minimum absolute atomic E-state index is 0.257. The number of nitrogens with one attached hydrogen (secondary N) is 1. The molecule has 20 heavy (non-hydrogen) atoms. The van der Waals surface area contributed by atoms with Gasteiger partial charge in [-0.2, -0.15) is 5.10 Å². The van der Waals surface area contributed by atoms with E-state index < -0.39 is 0 Å². The molecule has 2 aromatic rings. The highest BCUT2D eigenvalue weighted by Gasteiger charge is 2.07. The van der Waals surface area contributed by atoms with Crippen molar-refractivity contribution in [1.82, 2.24) is 5.43 Å². The van der Waals surface area contributed by atoms with Gasteiger partial charge in [0.1, 0.15) is 0 Å². The molecule has 0 spiro atoms. The molecule has 2 rings (SSSR count). The van der Waals surface area contributed by atoms with Crippen LogP contribution in [0.2, 0.25) is 5.02 Å². The Bertz CT molecular complexity index is 618. The number of guanidine groups is 1. The molecule has 0 aliphatic heterocycles. The summed E-state index contributed by atoms with van der Waals surface area (Å²) >= 11 is 5.92. The number of rotatable bonds is 3. The quantitative estimate of drug-likeness (QED) is 0.518. The average molecular weight is 287 g/mol. The van der Waals surface area contributed by atoms with Gasteiger partial charge in [0, 0.05) is 23.2 Å². The summed E-state index contributed by atoms with van der Waals surface area (Å²) in [6.07, 6.45) is 0. The van der Waals surface area contributed by atoms with E-state index in [9.17, 15) is 0 Å². The van der Waals surface area contributed by atoms with E-state index in [0.29, 0.717) is 5.02 Å². The maximum atomic E-state index is 5.92. The normalized spacial score (nSPS) is 12.3. The largest absolute Gasteiger partial charge is 0.369 e. The van der Waals surface area contributed by atoms with Crippen molar-refractivity contribution in [2.75, 3.05) is 7.05 Å². The summed E-state index contributed by atoms with van der Waals surface area (Å²) in [5, 5.41) is 5.02. The molecule has 0 unspecified atom stereocenters. The molecule has 0 radical (unpaired) electrons. The van der Waals surface area contributed by atoms with Crippen LogP contribution >= 0.6 is 11.6 Å². The molecule has 0 saturated heterocycles. The van der Waals surface area contributed by atoms with Crippen LogP contribution in [0, 0.1) is 0 Å². The third kappa shape index (κ3) is 3.59. The second kappa shape index (κ2) is 6.73. The fourth-order valence-electron chi connectivity index (χ4n) is 1.66. The average Bonchev–Trinajstić information content (AvgIpc) is 2.50. The maximum absolute atomic E-state index is 5.92. The van der Waals surface area contributed by atoms with Crippen LogP contribution in [0.25, 0.3) is 0 Å². The number of hydrogen-bond donors (Lipinski definition) is 2. The van der Waals surface area contributed by atoms with Gasteiger partial charge in [-0.05, 0) is 12.1 Å². The van der Waals surface area contributed by atoms with Gasteiger partial charge in [0.15, 0.2) is 0 Å². The van der Waals surface area contributed by atoms with Crippen molar-refractivity contribution < 1.29 is 0 Å². The van der Waals surface area contributed by atoms with Crippen LogP contribution in [0.4, 0.5) is 0 Å². The molecule has 102 valence electrons. The minimum Gasteiger partial charge on any atom is -0.369 e. The SMILES string of the molecule is CN=C(N)NN=C(c1ccccc1)c1ccc(Cl)cc1. The lowest BCUT2D eigenvalue weighted by Crippen LogP contribution is -2.28. The van der Waals surface area contributed by atoms with E-state index in [2.05, 4.69) is 15.5 Å². The fraction of sp³-hybridized carbons (Fsp3) is 0.0667. The zero-order valence-electron chi connectivity index (χ0n) is 11.0. The van der Waals surface area contributed by atoms with Crippen molar-refractivity contribution in [3.8, 4) is 0 Å². The second-order valence-electron chi connectivity index (χ2n) is 4.05. The van der Waals surface area contributed by atoms with Crippen LogP contribution in [0.15, 0.2) is 64.7 Å². The van der Waals surface area contributed by atoms with Crippen molar-refractivity contribution >= 4 is 23.3 Å². The van der Waals surface area contributed by atoms with Crippen LogP contribution in [-0.2, 0) is 0 Å². The summed E-state index contributed by atoms with van der Waals surface area (Å²) < 4.78 is 0. The molecule has 2 aromatic carbocycles. The summed E-state index contributed by atoms with van der Waals surface area (Å²) in [5.74, 6) is 0.257. The number of hydrazone groups is 1. The topological polar surface area (TPSA) is 62.8 Å². The first kappa shape index (κ1) is 14.1. The van der Waals surface area contributed by atoms with E-state index in [1.165, 1.54) is 0 Å². The number of benzene rings is 2. The maximum Gasteiger partial charge on any atom is 0.209 e. The standard InChI is InChI=1S/C15H15ClN4/c1-18-15(17)20-19-14(11-5-3-2-4-6-11)12-7-9-13(16)10-8-12/h2-10H,1H3,(H3,17,18,20). The Morgan fingerprint density at radius 1 is 1.00 bits per heavy atom. The zero-order chi connectivity index (χ0) is 14.4. The van der Waals surface area contributed by atoms with Gasteiger partial charge in [-0.3, -0.25) is 4.99 Å². The van der Waals surface area contributed by atoms with E-state index in [1.807, 2.05) is 54.6 Å². The van der Waals surface area contributed by atoms with E-state index in [4.69, 9.17) is 17.3 Å². The summed E-state index contributed by atoms with van der Waals surface area (Å²) in [7, 11) is 1.60. The third-order valence-corrected chi connectivity index (χ3v) is 2.94. The zero-order valence-corrected chi connectivity index (χ0v) is 11.8. The lowest BCUT2D eigenvalue weighted by Gasteiger charge is -2.08. The highest BCUT2D eigenvalue weighted by Crippen LogP contribution is 2.14. The highest BCUT2D eigenvalue weighted by molar-refractivity contribution is 6.30. The van der Waals surface area contributed by atoms with Crippen LogP contribution in [0.1, 0.15) is 11.1 Å². The molecule has 4 nitrogen and oxygen atoms in total. The Kier molecular flexibility index (Phi) is 4.74. The number of aliphatic imine (C=N–C) groups is 1. The Hall–Kier alpha value is -2.33. The fourth-order valence-corrected chi connectivity index (χ4v) is 1.79. The van der Waals surface area contributed by atoms with Crippen LogP contribution in [0.5, 0.6) is 0 Å². The molecule has 0 saturated carbocycles. The number of halogens is 1. The predicted molar refractivity (Wildman–Crippen MR) is 84.2 cm³/mol. The summed E-state index contributed by atoms with van der Waals surface area (Å²) in [6.45, 7) is 0. The van der Waals surface area contributed by atoms with Gasteiger partial charge >= 0.3 is 0 Å². The van der Waals surface area contributed by atoms with Crippen molar-refractivity contribution in [1.29, 1.82) is 0 Å². The predicted octanol–water partition coefficient (Wildman–Crippen LogP) is 2.63. The minimum atomic E-state index is 0.257. The van der Waals surface area contributed by atoms with Crippen molar-refractivity contribution in [2.45, 2.75) is 0 Å². The molecule has 0 fully saturated rings. The van der Waals surface area contributed by atoms with Crippen LogP contribution in [-0.4, -0.2) is 18.7 Å². The van der Waals surface area contributed by atoms with E-state index in [0.717, 1.165) is 16.8 Å². The van der Waals surface area contributed by atoms with Gasteiger partial charge < -0.3 is 5.73 Å². The van der Waals surface area contributed by atoms with Crippen molar-refractivity contribution in [2.24, 2.45) is 15.8 Å². The Labute approximate surface area is 123 Å². The van der Waals surface area contributed by atoms with Gasteiger partial charge in [0.05, 0.1) is 5.71 Å². The Morgan fingerprint density at radius 3 is 2.20 bits per heavy atom. The van der Waals surface area contributed by atoms with Gasteiger partial charge in [-0.25, -0.2) is 5.43 Å². The van der Waals surface area contributed by atoms with Crippen molar-refractivity contribution in [3.05, 3.63) is 70.7 Å². The van der Waals surface area contributed by atoms with Gasteiger partial charge in [0.2, 0.25) is 5.96 Å². The first-order valence-electron chi connectivity index (χ1n) is 6.08. The molecule has 0 bridgehead atoms. The molecular formula is C15H15ClN4. The Morgan fingerprint density at radius 2 is 1.60 bits per heavy atom. The van der Waals surface area contributed by atoms with E-state index >= 15 is 0 Å². The third-order valence-electron chi connectivity index (χ3n) is 2.69. The molecule has 0 atom stereocenters. The molecule has 0 amide bonds. The van der Waals surface area contributed by atoms with E-state index in [-0.39, 0.29) is 5.96 Å². The first-order chi connectivity index (χ1) is 9.70. The molecule has 0 heterocycles. The molecule has 0 aliphatic rings. The molecule has 5 heteroatoms. The van der Waals surface area contributed by atoms with Crippen LogP contribution < -0.4 is 11.2 Å². The molecule has 0 aromatic heterocycles. The lowest BCUT2D eigenvalue weighted by atomic mass is 10.0. The van der Waals surface area contributed by atoms with Gasteiger partial charge in [-0.15, -0.1) is 0 Å². The number of nitrogens with two attached hydrogens (primary N) is 1. The van der Waals surface area contributed by atoms with E-state index in [1.54, 1.807) is 7.05 Å². The summed E-state index contributed by atoms with van der Waals surface area (Å²) in [4.78, 5) is 3.82. The smallest absolute Gasteiger partial charge is 0.209 e. The molecule has 3 N–H and O–H groups in total.